The Hall–Kier alpha value is -5.77. The first-order valence-electron chi connectivity index (χ1n) is 17.3. The summed E-state index contributed by atoms with van der Waals surface area (Å²) in [4.78, 5) is 1.38. The normalized spacial score (nSPS) is 17.9. The molecule has 3 heteroatoms. The van der Waals surface area contributed by atoms with Crippen LogP contribution < -0.4 is 5.32 Å². The molecule has 50 heavy (non-hydrogen) atoms. The van der Waals surface area contributed by atoms with E-state index in [0.29, 0.717) is 5.92 Å². The fourth-order valence-electron chi connectivity index (χ4n) is 8.14. The van der Waals surface area contributed by atoms with E-state index in [1.54, 1.807) is 0 Å². The molecule has 0 spiro atoms. The van der Waals surface area contributed by atoms with Gasteiger partial charge in [-0.2, -0.15) is 0 Å². The Balaban J connectivity index is 1.13. The summed E-state index contributed by atoms with van der Waals surface area (Å²) in [7, 11) is 0. The summed E-state index contributed by atoms with van der Waals surface area (Å²) in [6.45, 7) is 2.39. The Bertz CT molecular complexity index is 2680. The number of aromatic nitrogens is 1. The lowest BCUT2D eigenvalue weighted by Crippen LogP contribution is -2.23. The topological polar surface area (TPSA) is 17.0 Å². The van der Waals surface area contributed by atoms with Gasteiger partial charge in [-0.25, -0.2) is 0 Å². The maximum atomic E-state index is 3.87. The Kier molecular flexibility index (Phi) is 6.65. The van der Waals surface area contributed by atoms with Crippen LogP contribution in [0, 0.1) is 0 Å². The molecule has 2 nitrogen and oxygen atoms in total. The van der Waals surface area contributed by atoms with Crippen molar-refractivity contribution in [1.29, 1.82) is 0 Å². The third kappa shape index (κ3) is 4.65. The summed E-state index contributed by atoms with van der Waals surface area (Å²) >= 11 is 1.99. The molecule has 1 aliphatic carbocycles. The fraction of sp³-hybridized carbons (Fsp3) is 0.0638. The Morgan fingerprint density at radius 2 is 1.32 bits per heavy atom. The number of benzene rings is 7. The molecule has 0 fully saturated rings. The fourth-order valence-corrected chi connectivity index (χ4v) is 9.59. The first kappa shape index (κ1) is 29.2. The summed E-state index contributed by atoms with van der Waals surface area (Å²) in [6, 6.07) is 57.3. The number of para-hydroxylation sites is 2. The molecule has 0 radical (unpaired) electrons. The van der Waals surface area contributed by atoms with Crippen molar-refractivity contribution in [2.45, 2.75) is 22.5 Å². The monoisotopic (exact) mass is 658 g/mol. The van der Waals surface area contributed by atoms with Crippen molar-refractivity contribution in [3.63, 3.8) is 0 Å². The number of thioether (sulfide) groups is 1. The molecule has 0 bridgehead atoms. The van der Waals surface area contributed by atoms with E-state index in [1.165, 1.54) is 71.0 Å². The molecule has 7 aromatic carbocycles. The molecule has 1 aromatic heterocycles. The summed E-state index contributed by atoms with van der Waals surface area (Å²) in [5.74, 6) is 0.356. The minimum atomic E-state index is -0.0569. The molecule has 2 atom stereocenters. The van der Waals surface area contributed by atoms with E-state index >= 15 is 0 Å². The van der Waals surface area contributed by atoms with Crippen molar-refractivity contribution < 1.29 is 0 Å². The van der Waals surface area contributed by atoms with Crippen LogP contribution in [0.5, 0.6) is 0 Å². The van der Waals surface area contributed by atoms with Crippen LogP contribution >= 0.6 is 11.8 Å². The van der Waals surface area contributed by atoms with Gasteiger partial charge in [0.05, 0.1) is 11.0 Å². The van der Waals surface area contributed by atoms with E-state index in [1.807, 2.05) is 11.8 Å². The minimum absolute atomic E-state index is 0.0569. The molecular formula is C47H34N2S. The van der Waals surface area contributed by atoms with Gasteiger partial charge in [-0.15, -0.1) is 11.8 Å². The van der Waals surface area contributed by atoms with E-state index < -0.39 is 0 Å². The number of fused-ring (bicyclic) bond motifs is 7. The van der Waals surface area contributed by atoms with Crippen molar-refractivity contribution in [3.05, 3.63) is 187 Å². The van der Waals surface area contributed by atoms with Gasteiger partial charge in [-0.05, 0) is 89.2 Å². The van der Waals surface area contributed by atoms with E-state index in [4.69, 9.17) is 0 Å². The average Bonchev–Trinajstić information content (AvgIpc) is 3.66. The van der Waals surface area contributed by atoms with Crippen molar-refractivity contribution in [2.75, 3.05) is 5.32 Å². The second-order valence-corrected chi connectivity index (χ2v) is 15.1. The van der Waals surface area contributed by atoms with Gasteiger partial charge in [0.1, 0.15) is 0 Å². The molecule has 8 aromatic rings. The number of hydrogen-bond acceptors (Lipinski definition) is 2. The summed E-state index contributed by atoms with van der Waals surface area (Å²) in [6.07, 6.45) is 7.28. The highest BCUT2D eigenvalue weighted by atomic mass is 32.2. The van der Waals surface area contributed by atoms with Crippen molar-refractivity contribution in [1.82, 2.24) is 4.57 Å². The van der Waals surface area contributed by atoms with Gasteiger partial charge in [-0.3, -0.25) is 0 Å². The third-order valence-corrected chi connectivity index (χ3v) is 11.9. The standard InChI is InChI=1S/C47H34N2S/c1-47-30-34(22-25-41(47)38-18-8-10-21-46(38)50-47)39-28-32(23-26-43(39)48-42-19-11-13-31-12-5-6-16-36(31)42)33-24-27-45-40(29-33)37-17-7-9-20-44(37)49(45)35-14-3-2-4-15-35/h2-30,41,48H,1H3/t41?,47-/m0/s1. The number of nitrogens with zero attached hydrogens (tertiary/aromatic N) is 1. The number of rotatable bonds is 5. The van der Waals surface area contributed by atoms with Crippen molar-refractivity contribution in [2.24, 2.45) is 0 Å². The molecule has 0 saturated carbocycles. The maximum absolute atomic E-state index is 3.87. The van der Waals surface area contributed by atoms with Crippen molar-refractivity contribution >= 4 is 61.3 Å². The molecule has 10 rings (SSSR count). The maximum Gasteiger partial charge on any atom is 0.0541 e. The van der Waals surface area contributed by atoms with Crippen LogP contribution in [0.15, 0.2) is 181 Å². The largest absolute Gasteiger partial charge is 0.355 e. The van der Waals surface area contributed by atoms with Crippen LogP contribution in [-0.4, -0.2) is 9.31 Å². The summed E-state index contributed by atoms with van der Waals surface area (Å²) in [5.41, 5.74) is 12.1. The molecule has 2 heterocycles. The number of allylic oxidation sites excluding steroid dienone is 3. The lowest BCUT2D eigenvalue weighted by Gasteiger charge is -2.30. The molecule has 0 amide bonds. The highest BCUT2D eigenvalue weighted by Gasteiger charge is 2.42. The number of nitrogens with one attached hydrogen (secondary N) is 1. The molecule has 1 aliphatic heterocycles. The zero-order valence-electron chi connectivity index (χ0n) is 27.7. The van der Waals surface area contributed by atoms with Gasteiger partial charge in [0.2, 0.25) is 0 Å². The minimum Gasteiger partial charge on any atom is -0.355 e. The molecule has 238 valence electrons. The first-order chi connectivity index (χ1) is 24.6. The van der Waals surface area contributed by atoms with Gasteiger partial charge in [-0.1, -0.05) is 121 Å². The third-order valence-electron chi connectivity index (χ3n) is 10.5. The highest BCUT2D eigenvalue weighted by Crippen LogP contribution is 2.57. The molecule has 0 saturated heterocycles. The SMILES string of the molecule is C[C@]12C=C(c3cc(-c4ccc5c(c4)c4ccccc4n5-c4ccccc4)ccc3Nc3cccc4ccccc34)C=CC1c1ccccc1S2. The predicted octanol–water partition coefficient (Wildman–Crippen LogP) is 12.9. The Labute approximate surface area is 296 Å². The molecular weight excluding hydrogens is 625 g/mol. The van der Waals surface area contributed by atoms with E-state index in [9.17, 15) is 0 Å². The zero-order valence-corrected chi connectivity index (χ0v) is 28.5. The van der Waals surface area contributed by atoms with Gasteiger partial charge in [0.25, 0.3) is 0 Å². The lowest BCUT2D eigenvalue weighted by molar-refractivity contribution is 0.704. The van der Waals surface area contributed by atoms with Gasteiger partial charge >= 0.3 is 0 Å². The van der Waals surface area contributed by atoms with Crippen molar-refractivity contribution in [3.8, 4) is 16.8 Å². The van der Waals surface area contributed by atoms with Crippen LogP contribution in [0.4, 0.5) is 11.4 Å². The highest BCUT2D eigenvalue weighted by molar-refractivity contribution is 8.01. The zero-order chi connectivity index (χ0) is 33.2. The Morgan fingerprint density at radius 1 is 0.600 bits per heavy atom. The van der Waals surface area contributed by atoms with E-state index in [0.717, 1.165) is 11.4 Å². The van der Waals surface area contributed by atoms with Crippen LogP contribution in [0.1, 0.15) is 24.0 Å². The molecule has 1 N–H and O–H groups in total. The van der Waals surface area contributed by atoms with E-state index in [-0.39, 0.29) is 4.75 Å². The van der Waals surface area contributed by atoms with Crippen LogP contribution in [0.2, 0.25) is 0 Å². The first-order valence-corrected chi connectivity index (χ1v) is 18.1. The summed E-state index contributed by atoms with van der Waals surface area (Å²) < 4.78 is 2.32. The predicted molar refractivity (Wildman–Crippen MR) is 214 cm³/mol. The van der Waals surface area contributed by atoms with E-state index in [2.05, 4.69) is 193 Å². The smallest absolute Gasteiger partial charge is 0.0541 e. The van der Waals surface area contributed by atoms with Crippen LogP contribution in [0.3, 0.4) is 0 Å². The summed E-state index contributed by atoms with van der Waals surface area (Å²) in [5, 5.41) is 8.83. The second-order valence-electron chi connectivity index (χ2n) is 13.6. The second kappa shape index (κ2) is 11.4. The number of hydrogen-bond donors (Lipinski definition) is 1. The van der Waals surface area contributed by atoms with Crippen LogP contribution in [0.25, 0.3) is 55.0 Å². The molecule has 2 aliphatic rings. The average molecular weight is 659 g/mol. The van der Waals surface area contributed by atoms with Gasteiger partial charge in [0.15, 0.2) is 0 Å². The molecule has 1 unspecified atom stereocenters. The van der Waals surface area contributed by atoms with Gasteiger partial charge in [0, 0.05) is 54.3 Å². The van der Waals surface area contributed by atoms with Crippen LogP contribution in [-0.2, 0) is 0 Å². The Morgan fingerprint density at radius 3 is 2.24 bits per heavy atom. The quantitative estimate of drug-likeness (QED) is 0.198. The lowest BCUT2D eigenvalue weighted by atomic mass is 9.80. The number of anilines is 2. The van der Waals surface area contributed by atoms with Gasteiger partial charge < -0.3 is 9.88 Å².